The summed E-state index contributed by atoms with van der Waals surface area (Å²) >= 11 is 0. The second kappa shape index (κ2) is 130. The fourth-order valence-electron chi connectivity index (χ4n) is 0. The molecule has 0 aliphatic rings. The Morgan fingerprint density at radius 1 is 1.44 bits per heavy atom. The van der Waals surface area contributed by atoms with Gasteiger partial charge in [-0.1, -0.05) is 13.8 Å². The van der Waals surface area contributed by atoms with E-state index in [2.05, 4.69) is 0 Å². The fourth-order valence-corrected chi connectivity index (χ4v) is 0. The lowest BCUT2D eigenvalue weighted by molar-refractivity contribution is -0.106. The Morgan fingerprint density at radius 2 is 1.44 bits per heavy atom. The summed E-state index contributed by atoms with van der Waals surface area (Å²) in [7, 11) is 0. The van der Waals surface area contributed by atoms with Crippen molar-refractivity contribution in [3.8, 4) is 0 Å². The minimum Gasteiger partial charge on any atom is -0.412 e. The van der Waals surface area contributed by atoms with Gasteiger partial charge in [0.05, 0.1) is 0 Å². The van der Waals surface area contributed by atoms with E-state index in [0.29, 0.717) is 0 Å². The zero-order valence-corrected chi connectivity index (χ0v) is 6.64. The van der Waals surface area contributed by atoms with Crippen molar-refractivity contribution in [2.24, 2.45) is 0 Å². The average molecular weight is 138 g/mol. The maximum Gasteiger partial charge on any atom is 0.116 e. The van der Waals surface area contributed by atoms with Gasteiger partial charge in [-0.25, -0.2) is 0 Å². The van der Waals surface area contributed by atoms with E-state index in [4.69, 9.17) is 9.90 Å². The third-order valence-electron chi connectivity index (χ3n) is 0. The minimum atomic E-state index is 0. The summed E-state index contributed by atoms with van der Waals surface area (Å²) < 4.78 is 0. The van der Waals surface area contributed by atoms with Crippen LogP contribution in [0.4, 0.5) is 0 Å². The molecule has 0 unspecified atom stereocenters. The average Bonchev–Trinajstić information content (AvgIpc) is 1.75. The van der Waals surface area contributed by atoms with E-state index in [1.807, 2.05) is 13.8 Å². The number of aliphatic hydroxyl groups excluding tert-OH is 1. The first kappa shape index (κ1) is 23.5. The lowest BCUT2D eigenvalue weighted by Gasteiger charge is -1.52. The van der Waals surface area contributed by atoms with Crippen LogP contribution in [0, 0.1) is 0 Å². The van der Waals surface area contributed by atoms with Crippen LogP contribution in [0.1, 0.15) is 27.7 Å². The van der Waals surface area contributed by atoms with Gasteiger partial charge < -0.3 is 15.4 Å². The normalized spacial score (nSPS) is 4.11. The second-order valence-corrected chi connectivity index (χ2v) is 0.552. The van der Waals surface area contributed by atoms with Gasteiger partial charge in [-0.05, 0) is 13.8 Å². The van der Waals surface area contributed by atoms with Crippen molar-refractivity contribution in [2.45, 2.75) is 27.7 Å². The molecule has 0 heterocycles. The van der Waals surface area contributed by atoms with E-state index in [1.54, 1.807) is 6.92 Å². The molecule has 0 saturated carbocycles. The molecular formula is C6H18O3. The van der Waals surface area contributed by atoms with Gasteiger partial charge in [-0.3, -0.25) is 0 Å². The number of aldehydes is 1. The highest BCUT2D eigenvalue weighted by Crippen LogP contribution is 1.30. The van der Waals surface area contributed by atoms with Crippen LogP contribution in [-0.4, -0.2) is 23.5 Å². The topological polar surface area (TPSA) is 68.8 Å². The molecule has 0 atom stereocenters. The van der Waals surface area contributed by atoms with E-state index in [9.17, 15) is 0 Å². The molecule has 3 N–H and O–H groups in total. The zero-order chi connectivity index (χ0) is 7.41. The molecule has 0 spiro atoms. The Hall–Kier alpha value is -0.410. The quantitative estimate of drug-likeness (QED) is 0.492. The second-order valence-electron chi connectivity index (χ2n) is 0.552. The smallest absolute Gasteiger partial charge is 0.116 e. The SMILES string of the molecule is CC.CC=O.CCO.O. The van der Waals surface area contributed by atoms with Gasteiger partial charge in [0.25, 0.3) is 0 Å². The molecule has 3 heteroatoms. The summed E-state index contributed by atoms with van der Waals surface area (Å²) in [5.74, 6) is 0. The van der Waals surface area contributed by atoms with E-state index in [-0.39, 0.29) is 12.1 Å². The van der Waals surface area contributed by atoms with Gasteiger partial charge >= 0.3 is 0 Å². The summed E-state index contributed by atoms with van der Waals surface area (Å²) in [6.07, 6.45) is 0.750. The van der Waals surface area contributed by atoms with Crippen molar-refractivity contribution in [1.82, 2.24) is 0 Å². The third-order valence-corrected chi connectivity index (χ3v) is 0. The van der Waals surface area contributed by atoms with Gasteiger partial charge in [0, 0.05) is 6.61 Å². The van der Waals surface area contributed by atoms with Crippen molar-refractivity contribution < 1.29 is 15.4 Å². The zero-order valence-electron chi connectivity index (χ0n) is 6.64. The molecular weight excluding hydrogens is 120 g/mol. The molecule has 0 aromatic rings. The summed E-state index contributed by atoms with van der Waals surface area (Å²) in [6.45, 7) is 7.38. The van der Waals surface area contributed by atoms with Crippen LogP contribution in [0.3, 0.4) is 0 Å². The molecule has 0 rings (SSSR count). The predicted molar refractivity (Wildman–Crippen MR) is 39.5 cm³/mol. The molecule has 0 bridgehead atoms. The maximum absolute atomic E-state index is 8.81. The Balaban J connectivity index is -0.0000000202. The monoisotopic (exact) mass is 138 g/mol. The molecule has 0 saturated heterocycles. The molecule has 0 aliphatic heterocycles. The van der Waals surface area contributed by atoms with Gasteiger partial charge in [-0.15, -0.1) is 0 Å². The van der Waals surface area contributed by atoms with Crippen LogP contribution >= 0.6 is 0 Å². The third kappa shape index (κ3) is 1410. The Labute approximate surface area is 57.0 Å². The lowest BCUT2D eigenvalue weighted by Crippen LogP contribution is -1.57. The van der Waals surface area contributed by atoms with Gasteiger partial charge in [-0.2, -0.15) is 0 Å². The van der Waals surface area contributed by atoms with E-state index >= 15 is 0 Å². The molecule has 0 aromatic carbocycles. The minimum absolute atomic E-state index is 0. The Bertz CT molecular complexity index is 22.3. The highest BCUT2D eigenvalue weighted by atomic mass is 16.2. The molecule has 0 radical (unpaired) electrons. The maximum atomic E-state index is 8.81. The highest BCUT2D eigenvalue weighted by Gasteiger charge is 1.34. The Kier molecular flexibility index (Phi) is 340. The van der Waals surface area contributed by atoms with Gasteiger partial charge in [0.2, 0.25) is 0 Å². The van der Waals surface area contributed by atoms with Gasteiger partial charge in [0.15, 0.2) is 0 Å². The fraction of sp³-hybridized carbons (Fsp3) is 0.833. The van der Waals surface area contributed by atoms with Crippen molar-refractivity contribution in [1.29, 1.82) is 0 Å². The van der Waals surface area contributed by atoms with Crippen LogP contribution in [-0.2, 0) is 4.79 Å². The summed E-state index contributed by atoms with van der Waals surface area (Å²) in [4.78, 5) is 8.81. The van der Waals surface area contributed by atoms with Crippen LogP contribution in [0.15, 0.2) is 0 Å². The molecule has 0 aliphatic carbocycles. The summed E-state index contributed by atoms with van der Waals surface area (Å²) in [5, 5.41) is 7.57. The molecule has 9 heavy (non-hydrogen) atoms. The van der Waals surface area contributed by atoms with E-state index < -0.39 is 0 Å². The van der Waals surface area contributed by atoms with Crippen LogP contribution in [0.25, 0.3) is 0 Å². The van der Waals surface area contributed by atoms with E-state index in [1.165, 1.54) is 6.92 Å². The first-order valence-electron chi connectivity index (χ1n) is 2.84. The molecule has 0 amide bonds. The molecule has 60 valence electrons. The standard InChI is InChI=1S/C2H6O.C2H4O.C2H6.H2O/c2*1-2-3;1-2;/h3H,2H2,1H3;2H,1H3;1-2H3;1H2. The summed E-state index contributed by atoms with van der Waals surface area (Å²) in [5.41, 5.74) is 0. The number of aliphatic hydroxyl groups is 1. The largest absolute Gasteiger partial charge is 0.412 e. The van der Waals surface area contributed by atoms with Crippen LogP contribution in [0.5, 0.6) is 0 Å². The van der Waals surface area contributed by atoms with Crippen molar-refractivity contribution >= 4 is 6.29 Å². The number of hydrogen-bond donors (Lipinski definition) is 1. The van der Waals surface area contributed by atoms with Crippen LogP contribution in [0.2, 0.25) is 0 Å². The first-order valence-corrected chi connectivity index (χ1v) is 2.84. The highest BCUT2D eigenvalue weighted by molar-refractivity contribution is 5.44. The van der Waals surface area contributed by atoms with Crippen molar-refractivity contribution in [3.05, 3.63) is 0 Å². The van der Waals surface area contributed by atoms with E-state index in [0.717, 1.165) is 6.29 Å². The number of hydrogen-bond acceptors (Lipinski definition) is 2. The molecule has 0 aromatic heterocycles. The first-order chi connectivity index (χ1) is 3.83. The van der Waals surface area contributed by atoms with Gasteiger partial charge in [0.1, 0.15) is 6.29 Å². The van der Waals surface area contributed by atoms with Crippen molar-refractivity contribution in [3.63, 3.8) is 0 Å². The van der Waals surface area contributed by atoms with Crippen molar-refractivity contribution in [2.75, 3.05) is 6.61 Å². The van der Waals surface area contributed by atoms with Crippen LogP contribution < -0.4 is 0 Å². The molecule has 0 fully saturated rings. The molecule has 3 nitrogen and oxygen atoms in total. The number of rotatable bonds is 0. The predicted octanol–water partition coefficient (Wildman–Crippen LogP) is 0.405. The lowest BCUT2D eigenvalue weighted by atomic mass is 10.9. The Morgan fingerprint density at radius 3 is 1.44 bits per heavy atom. The number of carbonyl (C=O) groups is 1. The number of carbonyl (C=O) groups excluding carboxylic acids is 1. The summed E-state index contributed by atoms with van der Waals surface area (Å²) in [6, 6.07) is 0.